The van der Waals surface area contributed by atoms with Gasteiger partial charge in [-0.05, 0) is 54.1 Å². The summed E-state index contributed by atoms with van der Waals surface area (Å²) in [5, 5.41) is 2.40. The SMILES string of the molecule is N/C(=C\N(N)Cc1ccc(Cl)c(Cl)c1)c1c(-c2ccc(F)cc2)nc2ccccn12. The Kier molecular flexibility index (Phi) is 5.63. The molecule has 4 rings (SSSR count). The molecule has 152 valence electrons. The summed E-state index contributed by atoms with van der Waals surface area (Å²) in [6.07, 6.45) is 3.50. The van der Waals surface area contributed by atoms with Crippen LogP contribution in [-0.4, -0.2) is 14.4 Å². The second kappa shape index (κ2) is 8.36. The van der Waals surface area contributed by atoms with Crippen LogP contribution in [0.3, 0.4) is 0 Å². The average molecular weight is 442 g/mol. The highest BCUT2D eigenvalue weighted by Gasteiger charge is 2.17. The van der Waals surface area contributed by atoms with E-state index in [1.165, 1.54) is 17.1 Å². The molecule has 4 N–H and O–H groups in total. The van der Waals surface area contributed by atoms with Gasteiger partial charge in [0, 0.05) is 18.0 Å². The zero-order valence-corrected chi connectivity index (χ0v) is 17.3. The Labute approximate surface area is 182 Å². The number of pyridine rings is 1. The summed E-state index contributed by atoms with van der Waals surface area (Å²) in [7, 11) is 0. The fraction of sp³-hybridized carbons (Fsp3) is 0.0455. The first-order chi connectivity index (χ1) is 14.4. The summed E-state index contributed by atoms with van der Waals surface area (Å²) in [6, 6.07) is 17.1. The number of halogens is 3. The standard InChI is InChI=1S/C22H18Cl2FN5/c23-17-9-4-14(11-18(17)24)12-29(27)13-19(26)22-21(15-5-7-16(25)8-6-15)28-20-3-1-2-10-30(20)22/h1-11,13H,12,26-27H2/b19-13-. The average Bonchev–Trinajstić information content (AvgIpc) is 3.11. The smallest absolute Gasteiger partial charge is 0.137 e. The number of nitrogens with zero attached hydrogens (tertiary/aromatic N) is 3. The summed E-state index contributed by atoms with van der Waals surface area (Å²) in [6.45, 7) is 0.375. The Morgan fingerprint density at radius 1 is 1.07 bits per heavy atom. The van der Waals surface area contributed by atoms with Gasteiger partial charge >= 0.3 is 0 Å². The number of rotatable bonds is 5. The minimum Gasteiger partial charge on any atom is -0.396 e. The van der Waals surface area contributed by atoms with E-state index in [-0.39, 0.29) is 5.82 Å². The number of hydrazine groups is 1. The van der Waals surface area contributed by atoms with Gasteiger partial charge < -0.3 is 10.7 Å². The van der Waals surface area contributed by atoms with Gasteiger partial charge in [-0.25, -0.2) is 15.2 Å². The first kappa shape index (κ1) is 20.2. The zero-order valence-electron chi connectivity index (χ0n) is 15.8. The third-order valence-corrected chi connectivity index (χ3v) is 5.31. The molecule has 0 aliphatic rings. The van der Waals surface area contributed by atoms with Gasteiger partial charge in [-0.3, -0.25) is 4.40 Å². The van der Waals surface area contributed by atoms with Crippen molar-refractivity contribution in [2.75, 3.05) is 0 Å². The molecular weight excluding hydrogens is 424 g/mol. The number of aromatic nitrogens is 2. The maximum Gasteiger partial charge on any atom is 0.137 e. The topological polar surface area (TPSA) is 72.6 Å². The van der Waals surface area contributed by atoms with E-state index >= 15 is 0 Å². The molecule has 30 heavy (non-hydrogen) atoms. The van der Waals surface area contributed by atoms with Crippen molar-refractivity contribution in [3.05, 3.63) is 100 Å². The second-order valence-electron chi connectivity index (χ2n) is 6.75. The van der Waals surface area contributed by atoms with E-state index in [0.29, 0.717) is 33.7 Å². The van der Waals surface area contributed by atoms with Crippen molar-refractivity contribution >= 4 is 34.5 Å². The summed E-state index contributed by atoms with van der Waals surface area (Å²) in [4.78, 5) is 4.67. The lowest BCUT2D eigenvalue weighted by Crippen LogP contribution is -2.26. The predicted octanol–water partition coefficient (Wildman–Crippen LogP) is 5.08. The lowest BCUT2D eigenvalue weighted by Gasteiger charge is -2.16. The molecule has 0 radical (unpaired) electrons. The van der Waals surface area contributed by atoms with Crippen LogP contribution in [-0.2, 0) is 6.54 Å². The van der Waals surface area contributed by atoms with E-state index in [9.17, 15) is 4.39 Å². The van der Waals surface area contributed by atoms with E-state index in [4.69, 9.17) is 34.8 Å². The Balaban J connectivity index is 1.72. The Morgan fingerprint density at radius 2 is 1.83 bits per heavy atom. The Morgan fingerprint density at radius 3 is 2.57 bits per heavy atom. The van der Waals surface area contributed by atoms with E-state index < -0.39 is 0 Å². The highest BCUT2D eigenvalue weighted by Crippen LogP contribution is 2.28. The first-order valence-electron chi connectivity index (χ1n) is 9.08. The lowest BCUT2D eigenvalue weighted by molar-refractivity contribution is 0.388. The largest absolute Gasteiger partial charge is 0.396 e. The highest BCUT2D eigenvalue weighted by molar-refractivity contribution is 6.42. The molecule has 0 atom stereocenters. The number of hydrogen-bond donors (Lipinski definition) is 2. The van der Waals surface area contributed by atoms with E-state index in [1.54, 1.807) is 30.5 Å². The molecule has 5 nitrogen and oxygen atoms in total. The van der Waals surface area contributed by atoms with Crippen LogP contribution in [0, 0.1) is 5.82 Å². The highest BCUT2D eigenvalue weighted by atomic mass is 35.5. The fourth-order valence-corrected chi connectivity index (χ4v) is 3.54. The molecule has 0 spiro atoms. The van der Waals surface area contributed by atoms with Crippen LogP contribution in [0.1, 0.15) is 11.3 Å². The molecule has 2 aromatic carbocycles. The molecule has 0 aliphatic carbocycles. The molecular formula is C22H18Cl2FN5. The molecule has 0 amide bonds. The van der Waals surface area contributed by atoms with Crippen LogP contribution < -0.4 is 11.6 Å². The number of benzene rings is 2. The second-order valence-corrected chi connectivity index (χ2v) is 7.56. The van der Waals surface area contributed by atoms with Crippen molar-refractivity contribution < 1.29 is 4.39 Å². The maximum absolute atomic E-state index is 13.4. The van der Waals surface area contributed by atoms with Crippen molar-refractivity contribution in [1.29, 1.82) is 0 Å². The van der Waals surface area contributed by atoms with Gasteiger partial charge in [0.25, 0.3) is 0 Å². The van der Waals surface area contributed by atoms with E-state index in [1.807, 2.05) is 34.9 Å². The van der Waals surface area contributed by atoms with E-state index in [0.717, 1.165) is 16.8 Å². The number of hydrogen-bond acceptors (Lipinski definition) is 4. The predicted molar refractivity (Wildman–Crippen MR) is 119 cm³/mol. The van der Waals surface area contributed by atoms with Crippen LogP contribution in [0.5, 0.6) is 0 Å². The third-order valence-electron chi connectivity index (χ3n) is 4.58. The number of fused-ring (bicyclic) bond motifs is 1. The Hall–Kier alpha value is -3.06. The van der Waals surface area contributed by atoms with Crippen LogP contribution in [0.15, 0.2) is 73.1 Å². The number of imidazole rings is 1. The fourth-order valence-electron chi connectivity index (χ4n) is 3.21. The molecule has 0 saturated heterocycles. The van der Waals surface area contributed by atoms with Crippen LogP contribution in [0.25, 0.3) is 22.6 Å². The molecule has 0 saturated carbocycles. The zero-order chi connectivity index (χ0) is 21.3. The van der Waals surface area contributed by atoms with Crippen LogP contribution in [0.2, 0.25) is 10.0 Å². The van der Waals surface area contributed by atoms with Crippen LogP contribution in [0.4, 0.5) is 4.39 Å². The summed E-state index contributed by atoms with van der Waals surface area (Å²) < 4.78 is 15.3. The molecule has 0 bridgehead atoms. The summed E-state index contributed by atoms with van der Waals surface area (Å²) >= 11 is 12.0. The van der Waals surface area contributed by atoms with Gasteiger partial charge in [0.15, 0.2) is 0 Å². The van der Waals surface area contributed by atoms with Gasteiger partial charge in [0.2, 0.25) is 0 Å². The molecule has 0 fully saturated rings. The van der Waals surface area contributed by atoms with Gasteiger partial charge in [-0.15, -0.1) is 0 Å². The number of nitrogens with two attached hydrogens (primary N) is 2. The van der Waals surface area contributed by atoms with Crippen molar-refractivity contribution in [2.24, 2.45) is 11.6 Å². The van der Waals surface area contributed by atoms with Crippen molar-refractivity contribution in [2.45, 2.75) is 6.54 Å². The quantitative estimate of drug-likeness (QED) is 0.334. The van der Waals surface area contributed by atoms with Crippen molar-refractivity contribution in [3.8, 4) is 11.3 Å². The molecule has 2 aromatic heterocycles. The van der Waals surface area contributed by atoms with Gasteiger partial charge in [-0.2, -0.15) is 0 Å². The van der Waals surface area contributed by atoms with Crippen molar-refractivity contribution in [1.82, 2.24) is 14.4 Å². The van der Waals surface area contributed by atoms with Crippen molar-refractivity contribution in [3.63, 3.8) is 0 Å². The molecule has 8 heteroatoms. The maximum atomic E-state index is 13.4. The van der Waals surface area contributed by atoms with Gasteiger partial charge in [0.05, 0.1) is 33.7 Å². The minimum atomic E-state index is -0.317. The monoisotopic (exact) mass is 441 g/mol. The first-order valence-corrected chi connectivity index (χ1v) is 9.84. The minimum absolute atomic E-state index is 0.317. The van der Waals surface area contributed by atoms with E-state index in [2.05, 4.69) is 4.98 Å². The molecule has 2 heterocycles. The van der Waals surface area contributed by atoms with Gasteiger partial charge in [0.1, 0.15) is 11.5 Å². The Bertz CT molecular complexity index is 1230. The van der Waals surface area contributed by atoms with Crippen LogP contribution >= 0.6 is 23.2 Å². The summed E-state index contributed by atoms with van der Waals surface area (Å²) in [5.41, 5.74) is 10.5. The van der Waals surface area contributed by atoms with Gasteiger partial charge in [-0.1, -0.05) is 35.3 Å². The molecule has 0 unspecified atom stereocenters. The molecule has 0 aliphatic heterocycles. The molecule has 4 aromatic rings. The summed E-state index contributed by atoms with van der Waals surface area (Å²) in [5.74, 6) is 5.86. The normalized spacial score (nSPS) is 11.8. The lowest BCUT2D eigenvalue weighted by atomic mass is 10.1. The third kappa shape index (κ3) is 4.11.